The molecule has 3 fully saturated rings. The summed E-state index contributed by atoms with van der Waals surface area (Å²) in [6, 6.07) is 8.37. The van der Waals surface area contributed by atoms with Gasteiger partial charge in [-0.25, -0.2) is 13.6 Å². The molecule has 1 aromatic rings. The van der Waals surface area contributed by atoms with Crippen molar-refractivity contribution in [3.8, 4) is 6.07 Å². The average molecular weight is 593 g/mol. The van der Waals surface area contributed by atoms with Crippen molar-refractivity contribution in [1.29, 1.82) is 5.26 Å². The Morgan fingerprint density at radius 2 is 1.73 bits per heavy atom. The lowest BCUT2D eigenvalue weighted by Crippen LogP contribution is -2.54. The van der Waals surface area contributed by atoms with Gasteiger partial charge in [-0.15, -0.1) is 11.8 Å². The van der Waals surface area contributed by atoms with Crippen LogP contribution in [0.25, 0.3) is 0 Å². The van der Waals surface area contributed by atoms with E-state index in [-0.39, 0.29) is 28.9 Å². The Balaban J connectivity index is 0.00000108. The Morgan fingerprint density at radius 1 is 1.12 bits per heavy atom. The van der Waals surface area contributed by atoms with E-state index >= 15 is 0 Å². The third-order valence-corrected chi connectivity index (χ3v) is 8.95. The summed E-state index contributed by atoms with van der Waals surface area (Å²) in [5, 5.41) is 12.4. The van der Waals surface area contributed by atoms with Gasteiger partial charge in [0.2, 0.25) is 5.91 Å². The quantitative estimate of drug-likeness (QED) is 0.379. The van der Waals surface area contributed by atoms with Crippen LogP contribution in [0, 0.1) is 11.3 Å². The van der Waals surface area contributed by atoms with Crippen LogP contribution in [-0.4, -0.2) is 69.9 Å². The molecule has 228 valence electrons. The second-order valence-corrected chi connectivity index (χ2v) is 13.8. The number of halogens is 2. The number of hydrogen-bond donors (Lipinski definition) is 1. The highest BCUT2D eigenvalue weighted by atomic mass is 32.2. The van der Waals surface area contributed by atoms with Crippen LogP contribution in [0.4, 0.5) is 13.6 Å². The van der Waals surface area contributed by atoms with Crippen LogP contribution in [0.1, 0.15) is 92.1 Å². The summed E-state index contributed by atoms with van der Waals surface area (Å²) in [6.45, 7) is 12.4. The lowest BCUT2D eigenvalue weighted by molar-refractivity contribution is -0.127. The summed E-state index contributed by atoms with van der Waals surface area (Å²) in [6.07, 6.45) is 5.48. The highest BCUT2D eigenvalue weighted by Gasteiger charge is 2.49. The third-order valence-electron chi connectivity index (χ3n) is 7.67. The predicted molar refractivity (Wildman–Crippen MR) is 158 cm³/mol. The van der Waals surface area contributed by atoms with Crippen LogP contribution >= 0.6 is 11.8 Å². The molecule has 3 aliphatic rings. The Labute approximate surface area is 248 Å². The van der Waals surface area contributed by atoms with Gasteiger partial charge in [0.25, 0.3) is 5.92 Å². The minimum absolute atomic E-state index is 0.00784. The van der Waals surface area contributed by atoms with E-state index in [9.17, 15) is 23.6 Å². The van der Waals surface area contributed by atoms with Crippen molar-refractivity contribution < 1.29 is 23.1 Å². The van der Waals surface area contributed by atoms with Crippen molar-refractivity contribution >= 4 is 23.8 Å². The van der Waals surface area contributed by atoms with Gasteiger partial charge in [0, 0.05) is 48.3 Å². The van der Waals surface area contributed by atoms with Gasteiger partial charge in [-0.2, -0.15) is 5.26 Å². The molecule has 0 bridgehead atoms. The second-order valence-electron chi connectivity index (χ2n) is 12.5. The largest absolute Gasteiger partial charge is 0.444 e. The zero-order chi connectivity index (χ0) is 30.4. The summed E-state index contributed by atoms with van der Waals surface area (Å²) >= 11 is 1.39. The molecule has 0 radical (unpaired) electrons. The van der Waals surface area contributed by atoms with Gasteiger partial charge in [0.1, 0.15) is 11.1 Å². The molecule has 2 aliphatic heterocycles. The van der Waals surface area contributed by atoms with Crippen molar-refractivity contribution in [1.82, 2.24) is 15.1 Å². The highest BCUT2D eigenvalue weighted by molar-refractivity contribution is 8.00. The smallest absolute Gasteiger partial charge is 0.410 e. The summed E-state index contributed by atoms with van der Waals surface area (Å²) in [5.74, 6) is -3.14. The molecular formula is C31H46F2N4O3S. The van der Waals surface area contributed by atoms with Crippen LogP contribution in [-0.2, 0) is 15.5 Å². The molecule has 1 aliphatic carbocycles. The molecule has 2 saturated heterocycles. The van der Waals surface area contributed by atoms with E-state index in [1.807, 2.05) is 20.8 Å². The number of amides is 2. The number of thioether (sulfide) groups is 1. The number of piperidine rings is 1. The molecule has 10 heteroatoms. The second kappa shape index (κ2) is 13.7. The fourth-order valence-electron chi connectivity index (χ4n) is 5.09. The van der Waals surface area contributed by atoms with E-state index in [0.29, 0.717) is 56.6 Å². The fourth-order valence-corrected chi connectivity index (χ4v) is 6.51. The van der Waals surface area contributed by atoms with E-state index in [1.165, 1.54) is 30.7 Å². The van der Waals surface area contributed by atoms with Gasteiger partial charge in [-0.3, -0.25) is 9.69 Å². The van der Waals surface area contributed by atoms with Gasteiger partial charge in [-0.05, 0) is 58.9 Å². The first kappa shape index (κ1) is 33.1. The minimum atomic E-state index is -2.96. The number of carbonyl (C=O) groups is 2. The fraction of sp³-hybridized carbons (Fsp3) is 0.710. The molecule has 41 heavy (non-hydrogen) atoms. The maximum Gasteiger partial charge on any atom is 0.410 e. The van der Waals surface area contributed by atoms with Crippen molar-refractivity contribution in [3.63, 3.8) is 0 Å². The molecule has 1 aromatic carbocycles. The van der Waals surface area contributed by atoms with Crippen LogP contribution in [0.2, 0.25) is 0 Å². The number of rotatable bonds is 7. The van der Waals surface area contributed by atoms with E-state index in [2.05, 4.69) is 30.1 Å². The standard InChI is InChI=1S/C27H36F2N4O3S.C4H10/c1-25(2,3)36-24(35)32-13-9-18(10-14-32)33-16-19(15-21(33)23(34)31-27(17-30)11-12-27)37-22-8-6-5-7-20(22)26(4,28)29;1-3-4-2/h5-8,18-19,21H,9-16H2,1-4H3,(H,31,34);3-4H2,1-2H3. The van der Waals surface area contributed by atoms with Gasteiger partial charge < -0.3 is 15.0 Å². The zero-order valence-corrected chi connectivity index (χ0v) is 26.2. The number of likely N-dealkylation sites (tertiary alicyclic amines) is 2. The molecule has 0 spiro atoms. The number of hydrogen-bond acceptors (Lipinski definition) is 6. The molecule has 0 aromatic heterocycles. The van der Waals surface area contributed by atoms with Crippen molar-refractivity contribution in [2.75, 3.05) is 19.6 Å². The monoisotopic (exact) mass is 592 g/mol. The number of nitrogens with zero attached hydrogens (tertiary/aromatic N) is 3. The number of benzene rings is 1. The van der Waals surface area contributed by atoms with Gasteiger partial charge in [0.15, 0.2) is 0 Å². The van der Waals surface area contributed by atoms with E-state index in [4.69, 9.17) is 4.74 Å². The van der Waals surface area contributed by atoms with E-state index in [1.54, 1.807) is 23.1 Å². The molecule has 4 rings (SSSR count). The Bertz CT molecular complexity index is 1080. The Hall–Kier alpha value is -2.38. The van der Waals surface area contributed by atoms with Gasteiger partial charge in [-0.1, -0.05) is 44.9 Å². The van der Waals surface area contributed by atoms with E-state index in [0.717, 1.165) is 6.92 Å². The maximum atomic E-state index is 14.2. The Kier molecular flexibility index (Phi) is 11.1. The predicted octanol–water partition coefficient (Wildman–Crippen LogP) is 6.71. The molecule has 2 unspecified atom stereocenters. The number of ether oxygens (including phenoxy) is 1. The molecule has 1 N–H and O–H groups in total. The van der Waals surface area contributed by atoms with Crippen molar-refractivity contribution in [2.45, 2.75) is 126 Å². The van der Waals surface area contributed by atoms with Crippen molar-refractivity contribution in [3.05, 3.63) is 29.8 Å². The summed E-state index contributed by atoms with van der Waals surface area (Å²) in [5.41, 5.74) is -1.35. The van der Waals surface area contributed by atoms with Gasteiger partial charge in [0.05, 0.1) is 12.1 Å². The lowest BCUT2D eigenvalue weighted by atomic mass is 10.0. The number of unbranched alkanes of at least 4 members (excludes halogenated alkanes) is 1. The first-order chi connectivity index (χ1) is 19.2. The number of nitriles is 1. The van der Waals surface area contributed by atoms with Crippen LogP contribution < -0.4 is 5.32 Å². The molecule has 1 saturated carbocycles. The Morgan fingerprint density at radius 3 is 2.24 bits per heavy atom. The molecular weight excluding hydrogens is 546 g/mol. The first-order valence-electron chi connectivity index (χ1n) is 14.8. The molecule has 7 nitrogen and oxygen atoms in total. The summed E-state index contributed by atoms with van der Waals surface area (Å²) < 4.78 is 34.0. The average Bonchev–Trinajstić information content (AvgIpc) is 3.56. The van der Waals surface area contributed by atoms with Crippen LogP contribution in [0.3, 0.4) is 0 Å². The lowest BCUT2D eigenvalue weighted by Gasteiger charge is -2.39. The van der Waals surface area contributed by atoms with Crippen molar-refractivity contribution in [2.24, 2.45) is 0 Å². The highest BCUT2D eigenvalue weighted by Crippen LogP contribution is 2.42. The molecule has 2 amide bonds. The number of carbonyl (C=O) groups excluding carboxylic acids is 2. The van der Waals surface area contributed by atoms with Gasteiger partial charge >= 0.3 is 6.09 Å². The normalized spacial score (nSPS) is 22.8. The third kappa shape index (κ3) is 9.31. The zero-order valence-electron chi connectivity index (χ0n) is 25.3. The summed E-state index contributed by atoms with van der Waals surface area (Å²) in [7, 11) is 0. The minimum Gasteiger partial charge on any atom is -0.444 e. The van der Waals surface area contributed by atoms with Crippen LogP contribution in [0.5, 0.6) is 0 Å². The van der Waals surface area contributed by atoms with E-state index < -0.39 is 23.1 Å². The molecule has 2 heterocycles. The maximum absolute atomic E-state index is 14.2. The van der Waals surface area contributed by atoms with Crippen LogP contribution in [0.15, 0.2) is 29.2 Å². The molecule has 2 atom stereocenters. The first-order valence-corrected chi connectivity index (χ1v) is 15.7. The topological polar surface area (TPSA) is 85.7 Å². The SMILES string of the molecule is CC(C)(C)OC(=O)N1CCC(N2CC(Sc3ccccc3C(C)(F)F)CC2C(=O)NC2(C#N)CC2)CC1.CCCC. The number of nitrogens with one attached hydrogen (secondary N) is 1. The number of alkyl halides is 2. The summed E-state index contributed by atoms with van der Waals surface area (Å²) in [4.78, 5) is 30.3.